The largest absolute Gasteiger partial charge is 0.492 e. The maximum absolute atomic E-state index is 12.1. The molecule has 2 N–H and O–H groups in total. The number of aromatic nitrogens is 2. The Balaban J connectivity index is 1.98. The molecule has 1 aromatic heterocycles. The van der Waals surface area contributed by atoms with Crippen LogP contribution in [-0.2, 0) is 0 Å². The first-order valence-electron chi connectivity index (χ1n) is 7.20. The second-order valence-electron chi connectivity index (χ2n) is 5.60. The fraction of sp³-hybridized carbons (Fsp3) is 0.400. The molecule has 8 heteroatoms. The summed E-state index contributed by atoms with van der Waals surface area (Å²) in [6.07, 6.45) is 0. The lowest BCUT2D eigenvalue weighted by Gasteiger charge is -2.13. The lowest BCUT2D eigenvalue weighted by molar-refractivity contribution is 0.262. The zero-order chi connectivity index (χ0) is 16.9. The van der Waals surface area contributed by atoms with Crippen molar-refractivity contribution in [1.29, 1.82) is 0 Å². The number of nitrogens with zero attached hydrogens (tertiary/aromatic N) is 2. The van der Waals surface area contributed by atoms with Gasteiger partial charge in [-0.2, -0.15) is 9.36 Å². The van der Waals surface area contributed by atoms with E-state index >= 15 is 0 Å². The number of benzene rings is 1. The number of para-hydroxylation sites is 2. The SMILES string of the molecule is CCOc1ccccc1NC(=O)Nc1nc(SC(C)(C)C)ns1. The first kappa shape index (κ1) is 17.6. The Hall–Kier alpha value is -1.80. The highest BCUT2D eigenvalue weighted by atomic mass is 32.2. The van der Waals surface area contributed by atoms with Crippen LogP contribution in [0.3, 0.4) is 0 Å². The van der Waals surface area contributed by atoms with E-state index in [1.54, 1.807) is 17.8 Å². The molecule has 0 fully saturated rings. The molecule has 0 unspecified atom stereocenters. The fourth-order valence-electron chi connectivity index (χ4n) is 1.68. The summed E-state index contributed by atoms with van der Waals surface area (Å²) in [6.45, 7) is 8.69. The number of amides is 2. The van der Waals surface area contributed by atoms with Crippen molar-refractivity contribution >= 4 is 40.1 Å². The minimum Gasteiger partial charge on any atom is -0.492 e. The van der Waals surface area contributed by atoms with Gasteiger partial charge in [0.25, 0.3) is 0 Å². The van der Waals surface area contributed by atoms with Crippen molar-refractivity contribution in [2.45, 2.75) is 37.6 Å². The predicted octanol–water partition coefficient (Wildman–Crippen LogP) is 4.47. The van der Waals surface area contributed by atoms with Gasteiger partial charge in [0.15, 0.2) is 0 Å². The summed E-state index contributed by atoms with van der Waals surface area (Å²) in [5, 5.41) is 6.57. The quantitative estimate of drug-likeness (QED) is 0.776. The Labute approximate surface area is 144 Å². The van der Waals surface area contributed by atoms with E-state index in [-0.39, 0.29) is 10.8 Å². The van der Waals surface area contributed by atoms with Gasteiger partial charge in [-0.25, -0.2) is 4.79 Å². The van der Waals surface area contributed by atoms with Crippen molar-refractivity contribution in [3.05, 3.63) is 24.3 Å². The van der Waals surface area contributed by atoms with Gasteiger partial charge in [-0.3, -0.25) is 5.32 Å². The van der Waals surface area contributed by atoms with Crippen molar-refractivity contribution in [3.63, 3.8) is 0 Å². The van der Waals surface area contributed by atoms with Crippen LogP contribution >= 0.6 is 23.3 Å². The first-order valence-corrected chi connectivity index (χ1v) is 8.79. The number of thioether (sulfide) groups is 1. The molecule has 6 nitrogen and oxygen atoms in total. The van der Waals surface area contributed by atoms with Gasteiger partial charge in [0.05, 0.1) is 12.3 Å². The smallest absolute Gasteiger partial charge is 0.325 e. The molecule has 2 rings (SSSR count). The van der Waals surface area contributed by atoms with Gasteiger partial charge in [-0.05, 0) is 19.1 Å². The highest BCUT2D eigenvalue weighted by molar-refractivity contribution is 8.00. The lowest BCUT2D eigenvalue weighted by atomic mass is 10.3. The van der Waals surface area contributed by atoms with Crippen LogP contribution in [0.5, 0.6) is 5.75 Å². The lowest BCUT2D eigenvalue weighted by Crippen LogP contribution is -2.19. The summed E-state index contributed by atoms with van der Waals surface area (Å²) in [5.41, 5.74) is 0.612. The van der Waals surface area contributed by atoms with E-state index in [0.717, 1.165) is 11.5 Å². The van der Waals surface area contributed by atoms with Crippen LogP contribution in [0.2, 0.25) is 0 Å². The van der Waals surface area contributed by atoms with Crippen molar-refractivity contribution in [2.24, 2.45) is 0 Å². The van der Waals surface area contributed by atoms with Gasteiger partial charge in [-0.15, -0.1) is 0 Å². The standard InChI is InChI=1S/C15H20N4O2S2/c1-5-21-11-9-7-6-8-10(11)16-12(20)17-13-18-14(19-23-13)22-15(2,3)4/h6-9H,5H2,1-4H3,(H2,16,17,18,19,20). The summed E-state index contributed by atoms with van der Waals surface area (Å²) >= 11 is 2.72. The van der Waals surface area contributed by atoms with E-state index in [2.05, 4.69) is 40.8 Å². The molecule has 0 saturated carbocycles. The van der Waals surface area contributed by atoms with Crippen LogP contribution in [0.1, 0.15) is 27.7 Å². The van der Waals surface area contributed by atoms with Gasteiger partial charge >= 0.3 is 6.03 Å². The van der Waals surface area contributed by atoms with E-state index in [0.29, 0.717) is 28.3 Å². The predicted molar refractivity (Wildman–Crippen MR) is 95.8 cm³/mol. The molecular weight excluding hydrogens is 332 g/mol. The number of hydrogen-bond donors (Lipinski definition) is 2. The maximum atomic E-state index is 12.1. The highest BCUT2D eigenvalue weighted by Gasteiger charge is 2.17. The maximum Gasteiger partial charge on any atom is 0.325 e. The second kappa shape index (κ2) is 7.65. The van der Waals surface area contributed by atoms with Crippen molar-refractivity contribution in [3.8, 4) is 5.75 Å². The molecule has 0 atom stereocenters. The minimum atomic E-state index is -0.374. The number of carbonyl (C=O) groups excluding carboxylic acids is 1. The Kier molecular flexibility index (Phi) is 5.84. The molecule has 1 aromatic carbocycles. The topological polar surface area (TPSA) is 76.1 Å². The number of ether oxygens (including phenoxy) is 1. The van der Waals surface area contributed by atoms with Crippen molar-refractivity contribution < 1.29 is 9.53 Å². The van der Waals surface area contributed by atoms with Gasteiger partial charge in [0, 0.05) is 16.3 Å². The first-order chi connectivity index (χ1) is 10.9. The molecule has 2 amide bonds. The Morgan fingerprint density at radius 1 is 1.30 bits per heavy atom. The highest BCUT2D eigenvalue weighted by Crippen LogP contribution is 2.31. The van der Waals surface area contributed by atoms with E-state index in [9.17, 15) is 4.79 Å². The van der Waals surface area contributed by atoms with Crippen molar-refractivity contribution in [2.75, 3.05) is 17.2 Å². The summed E-state index contributed by atoms with van der Waals surface area (Å²) in [7, 11) is 0. The molecular formula is C15H20N4O2S2. The van der Waals surface area contributed by atoms with E-state index in [1.807, 2.05) is 25.1 Å². The molecule has 2 aromatic rings. The van der Waals surface area contributed by atoms with Crippen LogP contribution in [0.15, 0.2) is 29.4 Å². The normalized spacial score (nSPS) is 11.1. The average Bonchev–Trinajstić information content (AvgIpc) is 2.86. The monoisotopic (exact) mass is 352 g/mol. The molecule has 0 aliphatic carbocycles. The van der Waals surface area contributed by atoms with Crippen LogP contribution in [-0.4, -0.2) is 26.7 Å². The number of nitrogens with one attached hydrogen (secondary N) is 2. The van der Waals surface area contributed by atoms with Crippen LogP contribution in [0, 0.1) is 0 Å². The van der Waals surface area contributed by atoms with Crippen LogP contribution in [0.25, 0.3) is 0 Å². The van der Waals surface area contributed by atoms with Gasteiger partial charge in [0.2, 0.25) is 10.3 Å². The average molecular weight is 352 g/mol. The minimum absolute atomic E-state index is 0.0248. The third kappa shape index (κ3) is 5.72. The molecule has 0 bridgehead atoms. The Bertz CT molecular complexity index is 667. The molecule has 0 spiro atoms. The summed E-state index contributed by atoms with van der Waals surface area (Å²) in [4.78, 5) is 16.4. The van der Waals surface area contributed by atoms with Gasteiger partial charge < -0.3 is 10.1 Å². The third-order valence-electron chi connectivity index (χ3n) is 2.46. The summed E-state index contributed by atoms with van der Waals surface area (Å²) in [5.74, 6) is 0.631. The number of rotatable bonds is 5. The van der Waals surface area contributed by atoms with E-state index in [4.69, 9.17) is 4.74 Å². The number of urea groups is 1. The van der Waals surface area contributed by atoms with Crippen LogP contribution < -0.4 is 15.4 Å². The second-order valence-corrected chi connectivity index (χ2v) is 8.15. The molecule has 1 heterocycles. The van der Waals surface area contributed by atoms with Gasteiger partial charge in [-0.1, -0.05) is 44.7 Å². The molecule has 124 valence electrons. The summed E-state index contributed by atoms with van der Waals surface area (Å²) < 4.78 is 9.74. The van der Waals surface area contributed by atoms with E-state index in [1.165, 1.54) is 0 Å². The Morgan fingerprint density at radius 3 is 2.74 bits per heavy atom. The molecule has 0 radical (unpaired) electrons. The number of anilines is 2. The molecule has 23 heavy (non-hydrogen) atoms. The van der Waals surface area contributed by atoms with Crippen LogP contribution in [0.4, 0.5) is 15.6 Å². The fourth-order valence-corrected chi connectivity index (χ4v) is 3.15. The molecule has 0 saturated heterocycles. The number of carbonyl (C=O) groups is 1. The molecule has 0 aliphatic rings. The Morgan fingerprint density at radius 2 is 2.04 bits per heavy atom. The molecule has 0 aliphatic heterocycles. The zero-order valence-corrected chi connectivity index (χ0v) is 15.2. The van der Waals surface area contributed by atoms with E-state index < -0.39 is 0 Å². The van der Waals surface area contributed by atoms with Gasteiger partial charge in [0.1, 0.15) is 5.75 Å². The summed E-state index contributed by atoms with van der Waals surface area (Å²) in [6, 6.07) is 6.91. The number of hydrogen-bond acceptors (Lipinski definition) is 6. The zero-order valence-electron chi connectivity index (χ0n) is 13.5. The third-order valence-corrected chi connectivity index (χ3v) is 4.18. The van der Waals surface area contributed by atoms with Crippen molar-refractivity contribution in [1.82, 2.24) is 9.36 Å².